The first-order valence-electron chi connectivity index (χ1n) is 10.4. The number of rotatable bonds is 7. The van der Waals surface area contributed by atoms with Gasteiger partial charge in [0.1, 0.15) is 26.2 Å². The summed E-state index contributed by atoms with van der Waals surface area (Å²) < 4.78 is 0. The third-order valence-electron chi connectivity index (χ3n) is 5.78. The summed E-state index contributed by atoms with van der Waals surface area (Å²) in [6, 6.07) is 20.6. The van der Waals surface area contributed by atoms with Gasteiger partial charge in [0.15, 0.2) is 6.04 Å². The van der Waals surface area contributed by atoms with E-state index in [2.05, 4.69) is 67.7 Å². The van der Waals surface area contributed by atoms with Gasteiger partial charge in [0, 0.05) is 0 Å². The van der Waals surface area contributed by atoms with Gasteiger partial charge in [-0.05, 0) is 31.1 Å². The highest BCUT2D eigenvalue weighted by Gasteiger charge is 2.31. The Morgan fingerprint density at radius 3 is 2.21 bits per heavy atom. The van der Waals surface area contributed by atoms with Crippen LogP contribution in [-0.4, -0.2) is 44.7 Å². The van der Waals surface area contributed by atoms with E-state index in [-0.39, 0.29) is 18.0 Å². The molecule has 1 heterocycles. The topological polar surface area (TPSA) is 38.0 Å². The number of carbonyl (C=O) groups excluding carboxylic acids is 1. The van der Waals surface area contributed by atoms with Gasteiger partial charge in [-0.1, -0.05) is 66.7 Å². The first-order valence-corrected chi connectivity index (χ1v) is 10.4. The smallest absolute Gasteiger partial charge is 0.278 e. The van der Waals surface area contributed by atoms with Crippen molar-refractivity contribution in [3.63, 3.8) is 0 Å². The van der Waals surface area contributed by atoms with Gasteiger partial charge in [-0.15, -0.1) is 0 Å². The van der Waals surface area contributed by atoms with Crippen molar-refractivity contribution >= 4 is 12.0 Å². The maximum atomic E-state index is 12.7. The number of hydrogen-bond donors (Lipinski definition) is 3. The van der Waals surface area contributed by atoms with E-state index in [1.807, 2.05) is 24.3 Å². The summed E-state index contributed by atoms with van der Waals surface area (Å²) in [6.07, 6.45) is 4.47. The summed E-state index contributed by atoms with van der Waals surface area (Å²) >= 11 is 0. The predicted molar refractivity (Wildman–Crippen MR) is 114 cm³/mol. The van der Waals surface area contributed by atoms with Crippen LogP contribution in [0.1, 0.15) is 31.0 Å². The number of amides is 1. The van der Waals surface area contributed by atoms with Crippen molar-refractivity contribution in [2.75, 3.05) is 32.7 Å². The van der Waals surface area contributed by atoms with Gasteiger partial charge in [0.25, 0.3) is 5.91 Å². The van der Waals surface area contributed by atoms with Crippen LogP contribution in [0.5, 0.6) is 0 Å². The molecule has 0 radical (unpaired) electrons. The maximum absolute atomic E-state index is 12.7. The molecule has 4 nitrogen and oxygen atoms in total. The molecule has 148 valence electrons. The molecule has 3 N–H and O–H groups in total. The molecule has 2 aromatic carbocycles. The molecule has 0 saturated carbocycles. The van der Waals surface area contributed by atoms with Crippen LogP contribution in [0.15, 0.2) is 66.7 Å². The van der Waals surface area contributed by atoms with Crippen LogP contribution in [0.25, 0.3) is 6.08 Å². The summed E-state index contributed by atoms with van der Waals surface area (Å²) in [4.78, 5) is 15.7. The lowest BCUT2D eigenvalue weighted by Gasteiger charge is -2.32. The molecule has 4 heteroatoms. The van der Waals surface area contributed by atoms with E-state index in [1.165, 1.54) is 10.5 Å². The van der Waals surface area contributed by atoms with Gasteiger partial charge in [0.05, 0.1) is 12.6 Å². The Bertz CT molecular complexity index is 752. The van der Waals surface area contributed by atoms with Crippen molar-refractivity contribution in [1.29, 1.82) is 0 Å². The molecule has 0 aliphatic carbocycles. The van der Waals surface area contributed by atoms with E-state index < -0.39 is 0 Å². The van der Waals surface area contributed by atoms with Crippen molar-refractivity contribution < 1.29 is 14.6 Å². The molecule has 1 saturated heterocycles. The molecule has 0 aromatic heterocycles. The fourth-order valence-corrected chi connectivity index (χ4v) is 3.84. The van der Waals surface area contributed by atoms with Gasteiger partial charge in [-0.2, -0.15) is 0 Å². The second kappa shape index (κ2) is 10.2. The van der Waals surface area contributed by atoms with Crippen LogP contribution >= 0.6 is 0 Å². The Hall–Kier alpha value is -2.43. The monoisotopic (exact) mass is 379 g/mol. The SMILES string of the molecule is C[C@H](NC(=O)[C@H](C)[NH+]1CC[NH+](C/C=C/c2ccccc2)CC1)c1ccccc1. The van der Waals surface area contributed by atoms with Crippen molar-refractivity contribution in [2.45, 2.75) is 25.9 Å². The first kappa shape index (κ1) is 20.3. The summed E-state index contributed by atoms with van der Waals surface area (Å²) in [5.41, 5.74) is 2.40. The number of quaternary nitrogens is 2. The van der Waals surface area contributed by atoms with Crippen LogP contribution in [0.4, 0.5) is 0 Å². The van der Waals surface area contributed by atoms with Gasteiger partial charge < -0.3 is 15.1 Å². The standard InChI is InChI=1S/C24H31N3O/c1-20(23-13-7-4-8-14-23)25-24(28)21(2)27-18-16-26(17-19-27)15-9-12-22-10-5-3-6-11-22/h3-14,20-21H,15-19H2,1-2H3,(H,25,28)/p+2/b12-9+/t20-,21-/m0/s1. The lowest BCUT2D eigenvalue weighted by atomic mass is 10.1. The molecule has 1 aliphatic heterocycles. The summed E-state index contributed by atoms with van der Waals surface area (Å²) in [5.74, 6) is 0.152. The Morgan fingerprint density at radius 1 is 0.964 bits per heavy atom. The third-order valence-corrected chi connectivity index (χ3v) is 5.78. The van der Waals surface area contributed by atoms with E-state index in [1.54, 1.807) is 4.90 Å². The van der Waals surface area contributed by atoms with E-state index >= 15 is 0 Å². The molecule has 0 bridgehead atoms. The zero-order valence-corrected chi connectivity index (χ0v) is 17.0. The van der Waals surface area contributed by atoms with E-state index in [0.717, 1.165) is 38.3 Å². The van der Waals surface area contributed by atoms with Crippen LogP contribution in [0, 0.1) is 0 Å². The normalized spacial score (nSPS) is 21.9. The lowest BCUT2D eigenvalue weighted by Crippen LogP contribution is -3.30. The third kappa shape index (κ3) is 5.78. The Morgan fingerprint density at radius 2 is 1.57 bits per heavy atom. The molecule has 1 fully saturated rings. The van der Waals surface area contributed by atoms with Gasteiger partial charge in [-0.25, -0.2) is 0 Å². The summed E-state index contributed by atoms with van der Waals surface area (Å²) in [5, 5.41) is 3.18. The maximum Gasteiger partial charge on any atom is 0.278 e. The minimum absolute atomic E-state index is 0.00688. The zero-order valence-electron chi connectivity index (χ0n) is 17.0. The zero-order chi connectivity index (χ0) is 19.8. The Kier molecular flexibility index (Phi) is 7.40. The largest absolute Gasteiger partial charge is 0.344 e. The van der Waals surface area contributed by atoms with Crippen LogP contribution < -0.4 is 15.1 Å². The molecule has 3 rings (SSSR count). The number of carbonyl (C=O) groups is 1. The molecular formula is C24H33N3O+2. The van der Waals surface area contributed by atoms with Crippen LogP contribution in [0.2, 0.25) is 0 Å². The molecule has 0 spiro atoms. The van der Waals surface area contributed by atoms with Gasteiger partial charge >= 0.3 is 0 Å². The summed E-state index contributed by atoms with van der Waals surface area (Å²) in [7, 11) is 0. The highest BCUT2D eigenvalue weighted by Crippen LogP contribution is 2.10. The van der Waals surface area contributed by atoms with Crippen molar-refractivity contribution in [3.8, 4) is 0 Å². The van der Waals surface area contributed by atoms with E-state index in [9.17, 15) is 4.79 Å². The molecular weight excluding hydrogens is 346 g/mol. The van der Waals surface area contributed by atoms with Crippen molar-refractivity contribution in [3.05, 3.63) is 77.9 Å². The lowest BCUT2D eigenvalue weighted by molar-refractivity contribution is -1.02. The van der Waals surface area contributed by atoms with E-state index in [0.29, 0.717) is 0 Å². The molecule has 1 amide bonds. The number of hydrogen-bond acceptors (Lipinski definition) is 1. The molecule has 1 aliphatic rings. The van der Waals surface area contributed by atoms with Crippen molar-refractivity contribution in [2.24, 2.45) is 0 Å². The van der Waals surface area contributed by atoms with Crippen molar-refractivity contribution in [1.82, 2.24) is 5.32 Å². The minimum atomic E-state index is -0.00688. The van der Waals surface area contributed by atoms with Crippen LogP contribution in [0.3, 0.4) is 0 Å². The Balaban J connectivity index is 1.42. The number of nitrogens with one attached hydrogen (secondary N) is 3. The Labute approximate surface area is 168 Å². The second-order valence-corrected chi connectivity index (χ2v) is 7.79. The highest BCUT2D eigenvalue weighted by molar-refractivity contribution is 5.80. The molecule has 0 unspecified atom stereocenters. The fourth-order valence-electron chi connectivity index (χ4n) is 3.84. The highest BCUT2D eigenvalue weighted by atomic mass is 16.2. The summed E-state index contributed by atoms with van der Waals surface area (Å²) in [6.45, 7) is 9.47. The average Bonchev–Trinajstić information content (AvgIpc) is 2.75. The quantitative estimate of drug-likeness (QED) is 0.653. The molecule has 28 heavy (non-hydrogen) atoms. The van der Waals surface area contributed by atoms with Gasteiger partial charge in [0.2, 0.25) is 0 Å². The predicted octanol–water partition coefficient (Wildman–Crippen LogP) is 0.749. The number of piperazine rings is 1. The van der Waals surface area contributed by atoms with Gasteiger partial charge in [-0.3, -0.25) is 4.79 Å². The number of benzene rings is 2. The fraction of sp³-hybridized carbons (Fsp3) is 0.375. The molecule has 2 atom stereocenters. The average molecular weight is 380 g/mol. The van der Waals surface area contributed by atoms with E-state index in [4.69, 9.17) is 0 Å². The minimum Gasteiger partial charge on any atom is -0.344 e. The first-order chi connectivity index (χ1) is 13.6. The molecule has 2 aromatic rings. The van der Waals surface area contributed by atoms with Crippen LogP contribution in [-0.2, 0) is 4.79 Å². The second-order valence-electron chi connectivity index (χ2n) is 7.79.